The minimum absolute atomic E-state index is 0.290. The van der Waals surface area contributed by atoms with Crippen LogP contribution in [-0.4, -0.2) is 14.9 Å². The molecular weight excluding hydrogens is 263 g/mol. The topological polar surface area (TPSA) is 38.0 Å². The summed E-state index contributed by atoms with van der Waals surface area (Å²) in [4.78, 5) is 0.858. The Morgan fingerprint density at radius 3 is 2.53 bits per heavy atom. The van der Waals surface area contributed by atoms with Gasteiger partial charge in [-0.15, -0.1) is 0 Å². The highest BCUT2D eigenvalue weighted by atomic mass is 32.2. The van der Waals surface area contributed by atoms with Crippen molar-refractivity contribution in [2.24, 2.45) is 7.05 Å². The quantitative estimate of drug-likeness (QED) is 0.936. The molecule has 1 N–H and O–H groups in total. The molecule has 0 aliphatic rings. The molecule has 0 aliphatic heterocycles. The summed E-state index contributed by atoms with van der Waals surface area (Å²) < 4.78 is 15.4. The average Bonchev–Trinajstić information content (AvgIpc) is 2.62. The number of halogens is 1. The van der Waals surface area contributed by atoms with Gasteiger partial charge in [-0.25, -0.2) is 4.39 Å². The zero-order valence-electron chi connectivity index (χ0n) is 11.4. The van der Waals surface area contributed by atoms with Gasteiger partial charge in [-0.3, -0.25) is 4.68 Å². The molecule has 0 aliphatic carbocycles. The van der Waals surface area contributed by atoms with Gasteiger partial charge < -0.3 is 5.11 Å². The number of nitrogens with zero attached hydrogens (tertiary/aromatic N) is 2. The second-order valence-electron chi connectivity index (χ2n) is 4.66. The lowest BCUT2D eigenvalue weighted by atomic mass is 10.1. The SMILES string of the molecule is Cc1cc(Sc2cc(C)c(F)cc2C(C)O)n(C)n1. The minimum Gasteiger partial charge on any atom is -0.389 e. The number of aliphatic hydroxyl groups excluding tert-OH is 1. The normalized spacial score (nSPS) is 12.7. The maximum absolute atomic E-state index is 13.6. The van der Waals surface area contributed by atoms with Crippen LogP contribution in [0.1, 0.15) is 29.8 Å². The van der Waals surface area contributed by atoms with Gasteiger partial charge in [0.15, 0.2) is 0 Å². The first kappa shape index (κ1) is 14.1. The van der Waals surface area contributed by atoms with Crippen molar-refractivity contribution in [2.45, 2.75) is 36.8 Å². The molecule has 1 aromatic heterocycles. The second-order valence-corrected chi connectivity index (χ2v) is 5.73. The summed E-state index contributed by atoms with van der Waals surface area (Å²) in [6.45, 7) is 5.29. The Hall–Kier alpha value is -1.33. The average molecular weight is 280 g/mol. The maximum atomic E-state index is 13.6. The van der Waals surface area contributed by atoms with Crippen molar-refractivity contribution >= 4 is 11.8 Å². The van der Waals surface area contributed by atoms with Crippen molar-refractivity contribution in [3.63, 3.8) is 0 Å². The Kier molecular flexibility index (Phi) is 3.96. The number of benzene rings is 1. The first-order valence-electron chi connectivity index (χ1n) is 6.05. The van der Waals surface area contributed by atoms with Crippen LogP contribution >= 0.6 is 11.8 Å². The Labute approximate surface area is 116 Å². The number of hydrogen-bond acceptors (Lipinski definition) is 3. The minimum atomic E-state index is -0.702. The van der Waals surface area contributed by atoms with Gasteiger partial charge in [0.2, 0.25) is 0 Å². The number of rotatable bonds is 3. The number of aryl methyl sites for hydroxylation is 3. The lowest BCUT2D eigenvalue weighted by Gasteiger charge is -2.13. The molecular formula is C14H17FN2OS. The smallest absolute Gasteiger partial charge is 0.126 e. The molecule has 1 aromatic carbocycles. The third-order valence-corrected chi connectivity index (χ3v) is 4.08. The highest BCUT2D eigenvalue weighted by molar-refractivity contribution is 7.99. The third kappa shape index (κ3) is 2.98. The fourth-order valence-electron chi connectivity index (χ4n) is 1.88. The molecule has 5 heteroatoms. The van der Waals surface area contributed by atoms with Crippen LogP contribution in [0.2, 0.25) is 0 Å². The monoisotopic (exact) mass is 280 g/mol. The first-order chi connectivity index (χ1) is 8.88. The van der Waals surface area contributed by atoms with E-state index >= 15 is 0 Å². The molecule has 0 bridgehead atoms. The molecule has 0 saturated heterocycles. The molecule has 2 rings (SSSR count). The zero-order valence-corrected chi connectivity index (χ0v) is 12.3. The van der Waals surface area contributed by atoms with Crippen LogP contribution in [0.5, 0.6) is 0 Å². The van der Waals surface area contributed by atoms with E-state index < -0.39 is 6.10 Å². The van der Waals surface area contributed by atoms with Gasteiger partial charge in [-0.2, -0.15) is 5.10 Å². The summed E-state index contributed by atoms with van der Waals surface area (Å²) in [6, 6.07) is 5.14. The Balaban J connectivity index is 2.44. The van der Waals surface area contributed by atoms with E-state index in [1.54, 1.807) is 24.6 Å². The van der Waals surface area contributed by atoms with Gasteiger partial charge >= 0.3 is 0 Å². The van der Waals surface area contributed by atoms with E-state index in [0.717, 1.165) is 15.6 Å². The number of aromatic nitrogens is 2. The standard InChI is InChI=1S/C14H17FN2OS/c1-8-5-13(11(10(3)18)7-12(8)15)19-14-6-9(2)16-17(14)4/h5-7,10,18H,1-4H3. The Morgan fingerprint density at radius 2 is 2.00 bits per heavy atom. The van der Waals surface area contributed by atoms with E-state index in [1.165, 1.54) is 17.8 Å². The summed E-state index contributed by atoms with van der Waals surface area (Å²) in [6.07, 6.45) is -0.702. The van der Waals surface area contributed by atoms with E-state index in [1.807, 2.05) is 20.0 Å². The van der Waals surface area contributed by atoms with Gasteiger partial charge in [0, 0.05) is 11.9 Å². The summed E-state index contributed by atoms with van der Waals surface area (Å²) in [5.74, 6) is -0.290. The van der Waals surface area contributed by atoms with Crippen molar-refractivity contribution < 1.29 is 9.50 Å². The molecule has 0 saturated carbocycles. The second kappa shape index (κ2) is 5.35. The molecule has 0 radical (unpaired) electrons. The summed E-state index contributed by atoms with van der Waals surface area (Å²) in [5.41, 5.74) is 2.11. The van der Waals surface area contributed by atoms with Crippen LogP contribution in [0.15, 0.2) is 28.1 Å². The molecule has 102 valence electrons. The fourth-order valence-corrected chi connectivity index (χ4v) is 3.09. The van der Waals surface area contributed by atoms with E-state index in [-0.39, 0.29) is 5.82 Å². The van der Waals surface area contributed by atoms with Crippen molar-refractivity contribution in [3.05, 3.63) is 40.8 Å². The van der Waals surface area contributed by atoms with Crippen molar-refractivity contribution in [3.8, 4) is 0 Å². The zero-order chi connectivity index (χ0) is 14.2. The lowest BCUT2D eigenvalue weighted by Crippen LogP contribution is -1.99. The third-order valence-electron chi connectivity index (χ3n) is 2.91. The van der Waals surface area contributed by atoms with E-state index in [4.69, 9.17) is 0 Å². The number of aliphatic hydroxyl groups is 1. The largest absolute Gasteiger partial charge is 0.389 e. The molecule has 19 heavy (non-hydrogen) atoms. The lowest BCUT2D eigenvalue weighted by molar-refractivity contribution is 0.196. The molecule has 0 spiro atoms. The maximum Gasteiger partial charge on any atom is 0.126 e. The molecule has 0 amide bonds. The summed E-state index contributed by atoms with van der Waals surface area (Å²) in [5, 5.41) is 15.0. The Bertz CT molecular complexity index is 608. The van der Waals surface area contributed by atoms with Gasteiger partial charge in [-0.05, 0) is 50.1 Å². The molecule has 1 heterocycles. The highest BCUT2D eigenvalue weighted by Crippen LogP contribution is 2.35. The van der Waals surface area contributed by atoms with Gasteiger partial charge in [0.25, 0.3) is 0 Å². The van der Waals surface area contributed by atoms with Crippen LogP contribution in [0.25, 0.3) is 0 Å². The fraction of sp³-hybridized carbons (Fsp3) is 0.357. The number of hydrogen-bond donors (Lipinski definition) is 1. The van der Waals surface area contributed by atoms with E-state index in [9.17, 15) is 9.50 Å². The predicted octanol–water partition coefficient (Wildman–Crippen LogP) is 3.38. The van der Waals surface area contributed by atoms with Crippen molar-refractivity contribution in [1.82, 2.24) is 9.78 Å². The van der Waals surface area contributed by atoms with Gasteiger partial charge in [0.05, 0.1) is 16.8 Å². The van der Waals surface area contributed by atoms with Gasteiger partial charge in [0.1, 0.15) is 5.82 Å². The van der Waals surface area contributed by atoms with E-state index in [0.29, 0.717) is 11.1 Å². The van der Waals surface area contributed by atoms with Crippen LogP contribution in [0, 0.1) is 19.7 Å². The summed E-state index contributed by atoms with van der Waals surface area (Å²) >= 11 is 1.49. The predicted molar refractivity (Wildman–Crippen MR) is 73.8 cm³/mol. The van der Waals surface area contributed by atoms with Crippen LogP contribution < -0.4 is 0 Å². The van der Waals surface area contributed by atoms with Crippen LogP contribution in [-0.2, 0) is 7.05 Å². The molecule has 1 unspecified atom stereocenters. The van der Waals surface area contributed by atoms with Crippen molar-refractivity contribution in [1.29, 1.82) is 0 Å². The van der Waals surface area contributed by atoms with E-state index in [2.05, 4.69) is 5.10 Å². The highest BCUT2D eigenvalue weighted by Gasteiger charge is 2.14. The van der Waals surface area contributed by atoms with Crippen LogP contribution in [0.4, 0.5) is 4.39 Å². The van der Waals surface area contributed by atoms with Crippen LogP contribution in [0.3, 0.4) is 0 Å². The molecule has 2 aromatic rings. The van der Waals surface area contributed by atoms with Crippen molar-refractivity contribution in [2.75, 3.05) is 0 Å². The molecule has 3 nitrogen and oxygen atoms in total. The Morgan fingerprint density at radius 1 is 1.32 bits per heavy atom. The molecule has 1 atom stereocenters. The van der Waals surface area contributed by atoms with Gasteiger partial charge in [-0.1, -0.05) is 11.8 Å². The first-order valence-corrected chi connectivity index (χ1v) is 6.86. The molecule has 0 fully saturated rings. The summed E-state index contributed by atoms with van der Waals surface area (Å²) in [7, 11) is 1.87.